The lowest BCUT2D eigenvalue weighted by molar-refractivity contribution is -0.0412. The molecule has 33 heavy (non-hydrogen) atoms. The van der Waals surface area contributed by atoms with Gasteiger partial charge >= 0.3 is 0 Å². The topological polar surface area (TPSA) is 165 Å². The van der Waals surface area contributed by atoms with Gasteiger partial charge in [-0.2, -0.15) is 0 Å². The van der Waals surface area contributed by atoms with Crippen molar-refractivity contribution in [3.63, 3.8) is 0 Å². The molecule has 2 aromatic heterocycles. The summed E-state index contributed by atoms with van der Waals surface area (Å²) < 4.78 is 12.9. The quantitative estimate of drug-likeness (QED) is 0.154. The lowest BCUT2D eigenvalue weighted by Gasteiger charge is -2.22. The first-order valence-corrected chi connectivity index (χ1v) is 11.0. The summed E-state index contributed by atoms with van der Waals surface area (Å²) in [5, 5.41) is 28.2. The SMILES string of the molecule is CCOC(C)=NOCCCCN(C)C[C@H]1O[C@@H](n2c(NC)nc3c(N)ncnc32)[C@H](O)[C@@H]1O. The molecule has 1 fully saturated rings. The number of hydrogen-bond acceptors (Lipinski definition) is 12. The number of rotatable bonds is 11. The number of nitrogens with two attached hydrogens (primary N) is 1. The Morgan fingerprint density at radius 2 is 2.12 bits per heavy atom. The van der Waals surface area contributed by atoms with Crippen molar-refractivity contribution in [2.24, 2.45) is 5.16 Å². The Kier molecular flexibility index (Phi) is 8.61. The summed E-state index contributed by atoms with van der Waals surface area (Å²) in [6, 6.07) is 0. The van der Waals surface area contributed by atoms with E-state index in [4.69, 9.17) is 20.0 Å². The maximum absolute atomic E-state index is 10.7. The first-order chi connectivity index (χ1) is 15.9. The van der Waals surface area contributed by atoms with Gasteiger partial charge in [0.05, 0.1) is 6.61 Å². The summed E-state index contributed by atoms with van der Waals surface area (Å²) in [5.74, 6) is 1.14. The van der Waals surface area contributed by atoms with E-state index < -0.39 is 24.5 Å². The highest BCUT2D eigenvalue weighted by molar-refractivity contribution is 5.84. The van der Waals surface area contributed by atoms with Gasteiger partial charge in [-0.05, 0) is 33.4 Å². The van der Waals surface area contributed by atoms with Crippen LogP contribution in [0.15, 0.2) is 11.5 Å². The third kappa shape index (κ3) is 5.79. The molecule has 13 heteroatoms. The van der Waals surface area contributed by atoms with Crippen LogP contribution < -0.4 is 11.1 Å². The summed E-state index contributed by atoms with van der Waals surface area (Å²) in [6.07, 6.45) is -0.681. The summed E-state index contributed by atoms with van der Waals surface area (Å²) in [7, 11) is 3.63. The average molecular weight is 467 g/mol. The van der Waals surface area contributed by atoms with E-state index >= 15 is 0 Å². The Hall–Kier alpha value is -2.74. The molecular weight excluding hydrogens is 432 g/mol. The Bertz CT molecular complexity index is 939. The highest BCUT2D eigenvalue weighted by atomic mass is 16.6. The number of hydrogen-bond donors (Lipinski definition) is 4. The number of fused-ring (bicyclic) bond motifs is 1. The molecule has 3 heterocycles. The molecule has 2 aromatic rings. The predicted molar refractivity (Wildman–Crippen MR) is 123 cm³/mol. The maximum Gasteiger partial charge on any atom is 0.222 e. The van der Waals surface area contributed by atoms with Gasteiger partial charge in [0.2, 0.25) is 11.8 Å². The second-order valence-corrected chi connectivity index (χ2v) is 7.88. The van der Waals surface area contributed by atoms with Crippen molar-refractivity contribution in [2.75, 3.05) is 51.4 Å². The van der Waals surface area contributed by atoms with Gasteiger partial charge in [-0.25, -0.2) is 15.0 Å². The number of ether oxygens (including phenoxy) is 2. The van der Waals surface area contributed by atoms with Crippen molar-refractivity contribution in [2.45, 2.75) is 51.2 Å². The number of aliphatic hydroxyl groups is 2. The van der Waals surface area contributed by atoms with Crippen LogP contribution in [0.5, 0.6) is 0 Å². The molecule has 0 bridgehead atoms. The second kappa shape index (κ2) is 11.4. The molecule has 0 amide bonds. The summed E-state index contributed by atoms with van der Waals surface area (Å²) in [5.41, 5.74) is 6.73. The van der Waals surface area contributed by atoms with Gasteiger partial charge in [-0.15, -0.1) is 0 Å². The Morgan fingerprint density at radius 3 is 2.85 bits per heavy atom. The fourth-order valence-electron chi connectivity index (χ4n) is 3.76. The third-order valence-corrected chi connectivity index (χ3v) is 5.38. The molecule has 5 N–H and O–H groups in total. The van der Waals surface area contributed by atoms with E-state index in [2.05, 4.69) is 25.4 Å². The maximum atomic E-state index is 10.7. The molecule has 4 atom stereocenters. The first-order valence-electron chi connectivity index (χ1n) is 11.0. The molecule has 0 aliphatic carbocycles. The largest absolute Gasteiger partial charge is 0.479 e. The fraction of sp³-hybridized carbons (Fsp3) is 0.700. The lowest BCUT2D eigenvalue weighted by Crippen LogP contribution is -2.38. The molecular formula is C20H34N8O5. The standard InChI is InChI=1S/C20H34N8O5/c1-5-31-12(2)26-32-9-7-6-8-27(4)10-13-15(29)16(30)19(33-13)28-18-14(25-20(28)22-3)17(21)23-11-24-18/h11,13,15-16,19,29-30H,5-10H2,1-4H3,(H,22,25)(H2,21,23,24)/t13-,15-,16-,19-/m1/s1. The van der Waals surface area contributed by atoms with Gasteiger partial charge in [-0.1, -0.05) is 5.16 Å². The number of unbranched alkanes of at least 4 members (excludes halogenated alkanes) is 1. The van der Waals surface area contributed by atoms with E-state index in [-0.39, 0.29) is 5.82 Å². The Balaban J connectivity index is 1.55. The molecule has 1 aliphatic heterocycles. The van der Waals surface area contributed by atoms with Gasteiger partial charge in [-0.3, -0.25) is 4.57 Å². The number of nitrogen functional groups attached to an aromatic ring is 1. The molecule has 3 rings (SSSR count). The third-order valence-electron chi connectivity index (χ3n) is 5.38. The first kappa shape index (κ1) is 24.9. The van der Waals surface area contributed by atoms with E-state index in [0.29, 0.717) is 42.8 Å². The zero-order chi connectivity index (χ0) is 24.0. The summed E-state index contributed by atoms with van der Waals surface area (Å²) in [4.78, 5) is 19.9. The van der Waals surface area contributed by atoms with Crippen LogP contribution in [-0.2, 0) is 14.3 Å². The minimum atomic E-state index is -1.16. The number of likely N-dealkylation sites (N-methyl/N-ethyl adjacent to an activating group) is 1. The van der Waals surface area contributed by atoms with Crippen LogP contribution in [-0.4, -0.2) is 99.2 Å². The number of oxime groups is 1. The Labute approximate surface area is 192 Å². The van der Waals surface area contributed by atoms with E-state index in [1.54, 1.807) is 18.5 Å². The van der Waals surface area contributed by atoms with Crippen LogP contribution in [0.1, 0.15) is 32.9 Å². The molecule has 1 saturated heterocycles. The molecule has 0 aromatic carbocycles. The highest BCUT2D eigenvalue weighted by Crippen LogP contribution is 2.35. The predicted octanol–water partition coefficient (Wildman–Crippen LogP) is 0.168. The fourth-order valence-corrected chi connectivity index (χ4v) is 3.76. The van der Waals surface area contributed by atoms with Gasteiger partial charge in [0.15, 0.2) is 23.2 Å². The number of anilines is 2. The van der Waals surface area contributed by atoms with Crippen molar-refractivity contribution < 1.29 is 24.5 Å². The Morgan fingerprint density at radius 1 is 1.33 bits per heavy atom. The van der Waals surface area contributed by atoms with Crippen LogP contribution >= 0.6 is 0 Å². The van der Waals surface area contributed by atoms with Crippen molar-refractivity contribution in [1.82, 2.24) is 24.4 Å². The van der Waals surface area contributed by atoms with E-state index in [1.165, 1.54) is 6.33 Å². The van der Waals surface area contributed by atoms with Crippen molar-refractivity contribution in [3.8, 4) is 0 Å². The lowest BCUT2D eigenvalue weighted by atomic mass is 10.1. The minimum Gasteiger partial charge on any atom is -0.479 e. The van der Waals surface area contributed by atoms with Gasteiger partial charge in [0, 0.05) is 20.5 Å². The van der Waals surface area contributed by atoms with Crippen LogP contribution in [0.3, 0.4) is 0 Å². The summed E-state index contributed by atoms with van der Waals surface area (Å²) >= 11 is 0. The van der Waals surface area contributed by atoms with Crippen LogP contribution in [0, 0.1) is 0 Å². The monoisotopic (exact) mass is 466 g/mol. The normalized spacial score (nSPS) is 23.4. The van der Waals surface area contributed by atoms with Crippen LogP contribution in [0.2, 0.25) is 0 Å². The van der Waals surface area contributed by atoms with E-state index in [1.807, 2.05) is 18.9 Å². The van der Waals surface area contributed by atoms with Crippen LogP contribution in [0.4, 0.5) is 11.8 Å². The number of aromatic nitrogens is 4. The molecule has 0 radical (unpaired) electrons. The minimum absolute atomic E-state index is 0.224. The molecule has 184 valence electrons. The number of aliphatic hydroxyl groups excluding tert-OH is 2. The number of nitrogens with zero attached hydrogens (tertiary/aromatic N) is 6. The zero-order valence-corrected chi connectivity index (χ0v) is 19.5. The number of imidazole rings is 1. The summed E-state index contributed by atoms with van der Waals surface area (Å²) in [6.45, 7) is 5.90. The molecule has 13 nitrogen and oxygen atoms in total. The molecule has 0 spiro atoms. The number of nitrogens with one attached hydrogen (secondary N) is 1. The highest BCUT2D eigenvalue weighted by Gasteiger charge is 2.45. The van der Waals surface area contributed by atoms with Crippen molar-refractivity contribution in [1.29, 1.82) is 0 Å². The average Bonchev–Trinajstić information content (AvgIpc) is 3.29. The molecule has 0 unspecified atom stereocenters. The second-order valence-electron chi connectivity index (χ2n) is 7.88. The molecule has 1 aliphatic rings. The smallest absolute Gasteiger partial charge is 0.222 e. The van der Waals surface area contributed by atoms with Crippen molar-refractivity contribution in [3.05, 3.63) is 6.33 Å². The van der Waals surface area contributed by atoms with E-state index in [9.17, 15) is 10.2 Å². The van der Waals surface area contributed by atoms with Crippen molar-refractivity contribution >= 4 is 28.8 Å². The van der Waals surface area contributed by atoms with Crippen LogP contribution in [0.25, 0.3) is 11.2 Å². The van der Waals surface area contributed by atoms with E-state index in [0.717, 1.165) is 19.4 Å². The zero-order valence-electron chi connectivity index (χ0n) is 19.5. The van der Waals surface area contributed by atoms with Gasteiger partial charge in [0.1, 0.15) is 31.2 Å². The molecule has 0 saturated carbocycles. The van der Waals surface area contributed by atoms with Gasteiger partial charge < -0.3 is 40.5 Å². The van der Waals surface area contributed by atoms with Gasteiger partial charge in [0.25, 0.3) is 0 Å².